The van der Waals surface area contributed by atoms with Crippen molar-refractivity contribution in [3.8, 4) is 0 Å². The van der Waals surface area contributed by atoms with Crippen LogP contribution in [0, 0.1) is 10.8 Å². The minimum Gasteiger partial charge on any atom is -0.484 e. The monoisotopic (exact) mass is 264 g/mol. The fourth-order valence-corrected chi connectivity index (χ4v) is 3.08. The number of nitrogens with one attached hydrogen (secondary N) is 2. The zero-order valence-electron chi connectivity index (χ0n) is 9.88. The van der Waals surface area contributed by atoms with Gasteiger partial charge >= 0.3 is 0 Å². The molecule has 0 saturated heterocycles. The Labute approximate surface area is 105 Å². The van der Waals surface area contributed by atoms with Crippen molar-refractivity contribution in [2.24, 2.45) is 0 Å². The molecule has 0 atom stereocenters. The zero-order valence-corrected chi connectivity index (χ0v) is 11.5. The van der Waals surface area contributed by atoms with Gasteiger partial charge < -0.3 is 9.47 Å². The van der Waals surface area contributed by atoms with Gasteiger partial charge in [0, 0.05) is 24.3 Å². The number of hydrogen-bond acceptors (Lipinski definition) is 6. The molecule has 0 fully saturated rings. The van der Waals surface area contributed by atoms with Gasteiger partial charge in [0.25, 0.3) is 0 Å². The lowest BCUT2D eigenvalue weighted by Crippen LogP contribution is -1.99. The molecule has 0 amide bonds. The molecule has 2 N–H and O–H groups in total. The highest BCUT2D eigenvalue weighted by Gasteiger charge is 1.98. The molecule has 0 spiro atoms. The molecule has 0 radical (unpaired) electrons. The van der Waals surface area contributed by atoms with E-state index >= 15 is 0 Å². The molecule has 16 heavy (non-hydrogen) atoms. The largest absolute Gasteiger partial charge is 0.484 e. The third-order valence-corrected chi connectivity index (χ3v) is 4.42. The van der Waals surface area contributed by atoms with Gasteiger partial charge in [-0.05, 0) is 12.8 Å². The molecule has 94 valence electrons. The molecule has 0 bridgehead atoms. The summed E-state index contributed by atoms with van der Waals surface area (Å²) >= 11 is 0. The smallest absolute Gasteiger partial charge is 0.180 e. The third kappa shape index (κ3) is 10.2. The van der Waals surface area contributed by atoms with Crippen LogP contribution in [-0.4, -0.2) is 37.5 Å². The minimum absolute atomic E-state index is 0.360. The molecule has 0 unspecified atom stereocenters. The minimum atomic E-state index is 0.360. The Kier molecular flexibility index (Phi) is 10.9. The molecule has 0 aliphatic heterocycles. The van der Waals surface area contributed by atoms with Gasteiger partial charge in [-0.15, -0.1) is 0 Å². The zero-order chi connectivity index (χ0) is 12.2. The van der Waals surface area contributed by atoms with E-state index < -0.39 is 0 Å². The summed E-state index contributed by atoms with van der Waals surface area (Å²) in [7, 11) is 6.71. The molecule has 0 saturated carbocycles. The van der Waals surface area contributed by atoms with Crippen molar-refractivity contribution in [2.45, 2.75) is 25.7 Å². The van der Waals surface area contributed by atoms with Crippen LogP contribution in [0.25, 0.3) is 0 Å². The summed E-state index contributed by atoms with van der Waals surface area (Å²) < 4.78 is 9.53. The van der Waals surface area contributed by atoms with E-state index in [1.54, 1.807) is 0 Å². The van der Waals surface area contributed by atoms with Crippen molar-refractivity contribution in [1.82, 2.24) is 0 Å². The molecule has 0 aromatic rings. The fraction of sp³-hybridized carbons (Fsp3) is 0.800. The Balaban J connectivity index is 3.10. The van der Waals surface area contributed by atoms with Crippen LogP contribution in [-0.2, 0) is 9.47 Å². The second-order valence-corrected chi connectivity index (χ2v) is 5.81. The van der Waals surface area contributed by atoms with Crippen molar-refractivity contribution in [3.05, 3.63) is 0 Å². The van der Waals surface area contributed by atoms with Crippen molar-refractivity contribution in [3.63, 3.8) is 0 Å². The van der Waals surface area contributed by atoms with Gasteiger partial charge in [-0.1, -0.05) is 21.6 Å². The van der Waals surface area contributed by atoms with Gasteiger partial charge in [-0.2, -0.15) is 0 Å². The maximum atomic E-state index is 7.28. The first-order valence-electron chi connectivity index (χ1n) is 5.18. The summed E-state index contributed by atoms with van der Waals surface area (Å²) in [6.07, 6.45) is 3.41. The second-order valence-electron chi connectivity index (χ2n) is 3.11. The normalized spacial score (nSPS) is 9.88. The molecule has 6 heteroatoms. The molecule has 0 aliphatic rings. The Morgan fingerprint density at radius 3 is 1.56 bits per heavy atom. The van der Waals surface area contributed by atoms with Crippen molar-refractivity contribution >= 4 is 33.4 Å². The first-order chi connectivity index (χ1) is 7.70. The molecule has 0 aromatic carbocycles. The summed E-state index contributed by atoms with van der Waals surface area (Å²) in [5.41, 5.74) is 0. The first-order valence-corrected chi connectivity index (χ1v) is 7.66. The third-order valence-electron chi connectivity index (χ3n) is 1.84. The summed E-state index contributed by atoms with van der Waals surface area (Å²) in [4.78, 5) is 0. The van der Waals surface area contributed by atoms with Crippen molar-refractivity contribution < 1.29 is 9.47 Å². The first kappa shape index (κ1) is 15.6. The molecular weight excluding hydrogens is 244 g/mol. The van der Waals surface area contributed by atoms with E-state index in [0.717, 1.165) is 37.2 Å². The van der Waals surface area contributed by atoms with Crippen LogP contribution in [0.3, 0.4) is 0 Å². The molecule has 0 rings (SSSR count). The predicted molar refractivity (Wildman–Crippen MR) is 72.9 cm³/mol. The van der Waals surface area contributed by atoms with Crippen LogP contribution in [0.1, 0.15) is 25.7 Å². The average molecular weight is 264 g/mol. The maximum Gasteiger partial charge on any atom is 0.180 e. The number of methoxy groups -OCH3 is 2. The SMILES string of the molecule is COC(=N)CCCSSCCCC(=N)OC. The Hall–Kier alpha value is -0.360. The van der Waals surface area contributed by atoms with Gasteiger partial charge in [0.15, 0.2) is 11.8 Å². The van der Waals surface area contributed by atoms with E-state index in [2.05, 4.69) is 0 Å². The summed E-state index contributed by atoms with van der Waals surface area (Å²) in [5, 5.41) is 14.6. The number of rotatable bonds is 9. The van der Waals surface area contributed by atoms with E-state index in [4.69, 9.17) is 20.3 Å². The van der Waals surface area contributed by atoms with Crippen molar-refractivity contribution in [1.29, 1.82) is 10.8 Å². The van der Waals surface area contributed by atoms with Crippen LogP contribution < -0.4 is 0 Å². The molecule has 0 aliphatic carbocycles. The van der Waals surface area contributed by atoms with Crippen LogP contribution in [0.2, 0.25) is 0 Å². The number of hydrogen-bond donors (Lipinski definition) is 2. The van der Waals surface area contributed by atoms with Crippen LogP contribution in [0.4, 0.5) is 0 Å². The van der Waals surface area contributed by atoms with E-state index in [0.29, 0.717) is 11.8 Å². The molecule has 0 aromatic heterocycles. The Morgan fingerprint density at radius 2 is 1.25 bits per heavy atom. The van der Waals surface area contributed by atoms with E-state index in [1.165, 1.54) is 14.2 Å². The van der Waals surface area contributed by atoms with Gasteiger partial charge in [-0.3, -0.25) is 10.8 Å². The molecular formula is C10H20N2O2S2. The number of ether oxygens (including phenoxy) is 2. The Morgan fingerprint density at radius 1 is 0.875 bits per heavy atom. The van der Waals surface area contributed by atoms with Gasteiger partial charge in [0.05, 0.1) is 14.2 Å². The quantitative estimate of drug-likeness (QED) is 0.290. The summed E-state index contributed by atoms with van der Waals surface area (Å²) in [6, 6.07) is 0. The van der Waals surface area contributed by atoms with E-state index in [-0.39, 0.29) is 0 Å². The lowest BCUT2D eigenvalue weighted by molar-refractivity contribution is 0.385. The molecule has 0 heterocycles. The Bertz CT molecular complexity index is 191. The highest BCUT2D eigenvalue weighted by molar-refractivity contribution is 8.76. The summed E-state index contributed by atoms with van der Waals surface area (Å²) in [6.45, 7) is 0. The van der Waals surface area contributed by atoms with E-state index in [1.807, 2.05) is 21.6 Å². The van der Waals surface area contributed by atoms with Crippen LogP contribution in [0.5, 0.6) is 0 Å². The lowest BCUT2D eigenvalue weighted by atomic mass is 10.3. The fourth-order valence-electron chi connectivity index (χ4n) is 0.905. The highest BCUT2D eigenvalue weighted by Crippen LogP contribution is 2.23. The second kappa shape index (κ2) is 11.1. The van der Waals surface area contributed by atoms with Gasteiger partial charge in [0.1, 0.15) is 0 Å². The lowest BCUT2D eigenvalue weighted by Gasteiger charge is -2.03. The predicted octanol–water partition coefficient (Wildman–Crippen LogP) is 3.18. The van der Waals surface area contributed by atoms with Crippen LogP contribution in [0.15, 0.2) is 0 Å². The average Bonchev–Trinajstić information content (AvgIpc) is 2.31. The van der Waals surface area contributed by atoms with Gasteiger partial charge in [0.2, 0.25) is 0 Å². The molecule has 4 nitrogen and oxygen atoms in total. The van der Waals surface area contributed by atoms with Gasteiger partial charge in [-0.25, -0.2) is 0 Å². The van der Waals surface area contributed by atoms with Crippen molar-refractivity contribution in [2.75, 3.05) is 25.7 Å². The van der Waals surface area contributed by atoms with Crippen LogP contribution >= 0.6 is 21.6 Å². The summed E-state index contributed by atoms with van der Waals surface area (Å²) in [5.74, 6) is 2.80. The maximum absolute atomic E-state index is 7.28. The highest BCUT2D eigenvalue weighted by atomic mass is 33.1. The topological polar surface area (TPSA) is 66.2 Å². The standard InChI is InChI=1S/C10H20N2O2S2/c1-13-9(11)5-3-7-15-16-8-4-6-10(12)14-2/h11-12H,3-8H2,1-2H3. The van der Waals surface area contributed by atoms with E-state index in [9.17, 15) is 0 Å².